The highest BCUT2D eigenvalue weighted by Crippen LogP contribution is 2.19. The average Bonchev–Trinajstić information content (AvgIpc) is 3.34. The van der Waals surface area contributed by atoms with Gasteiger partial charge in [-0.3, -0.25) is 20.4 Å². The zero-order valence-corrected chi connectivity index (χ0v) is 15.8. The Hall–Kier alpha value is -3.14. The number of aryl methyl sites for hydroxylation is 2. The van der Waals surface area contributed by atoms with Crippen molar-refractivity contribution in [3.8, 4) is 5.69 Å². The maximum absolute atomic E-state index is 12.3. The Bertz CT molecular complexity index is 919. The number of amides is 2. The van der Waals surface area contributed by atoms with Gasteiger partial charge < -0.3 is 0 Å². The summed E-state index contributed by atoms with van der Waals surface area (Å²) in [6, 6.07) is 6.67. The van der Waals surface area contributed by atoms with Gasteiger partial charge in [-0.05, 0) is 54.5 Å². The normalized spacial score (nSPS) is 10.6. The zero-order chi connectivity index (χ0) is 19.2. The number of benzene rings is 1. The molecule has 0 aliphatic heterocycles. The Labute approximate surface area is 159 Å². The largest absolute Gasteiger partial charge is 0.281 e. The molecule has 0 spiro atoms. The molecule has 0 unspecified atom stereocenters. The van der Waals surface area contributed by atoms with Gasteiger partial charge >= 0.3 is 0 Å². The third kappa shape index (κ3) is 4.53. The number of aromatic nitrogens is 5. The van der Waals surface area contributed by atoms with E-state index >= 15 is 0 Å². The molecule has 0 radical (unpaired) electrons. The third-order valence-electron chi connectivity index (χ3n) is 3.82. The number of thiazole rings is 1. The second kappa shape index (κ2) is 8.49. The number of nitrogens with zero attached hydrogens (tertiary/aromatic N) is 5. The molecule has 2 heterocycles. The number of nitrogens with one attached hydrogen (secondary N) is 2. The smallest absolute Gasteiger partial charge is 0.267 e. The summed E-state index contributed by atoms with van der Waals surface area (Å²) in [7, 11) is 0. The fraction of sp³-hybridized carbons (Fsp3) is 0.294. The Kier molecular flexibility index (Phi) is 5.87. The predicted molar refractivity (Wildman–Crippen MR) is 99.5 cm³/mol. The summed E-state index contributed by atoms with van der Waals surface area (Å²) in [6.45, 7) is 3.90. The average molecular weight is 385 g/mol. The van der Waals surface area contributed by atoms with Crippen molar-refractivity contribution in [1.29, 1.82) is 0 Å². The summed E-state index contributed by atoms with van der Waals surface area (Å²) in [4.78, 5) is 29.5. The number of tetrazole rings is 1. The lowest BCUT2D eigenvalue weighted by Gasteiger charge is -2.07. The van der Waals surface area contributed by atoms with Gasteiger partial charge in [0.2, 0.25) is 0 Å². The number of rotatable bonds is 6. The molecule has 2 N–H and O–H groups in total. The van der Waals surface area contributed by atoms with Gasteiger partial charge in [-0.25, -0.2) is 9.67 Å². The first-order valence-corrected chi connectivity index (χ1v) is 9.30. The molecule has 0 saturated heterocycles. The minimum absolute atomic E-state index is 0.369. The van der Waals surface area contributed by atoms with E-state index in [-0.39, 0.29) is 5.91 Å². The van der Waals surface area contributed by atoms with Gasteiger partial charge in [0.1, 0.15) is 11.2 Å². The summed E-state index contributed by atoms with van der Waals surface area (Å²) in [5.41, 5.74) is 6.66. The van der Waals surface area contributed by atoms with Crippen molar-refractivity contribution in [2.45, 2.75) is 33.1 Å². The Morgan fingerprint density at radius 1 is 1.15 bits per heavy atom. The fourth-order valence-corrected chi connectivity index (χ4v) is 3.39. The van der Waals surface area contributed by atoms with Gasteiger partial charge in [0, 0.05) is 5.56 Å². The summed E-state index contributed by atoms with van der Waals surface area (Å²) in [5.74, 6) is -0.786. The van der Waals surface area contributed by atoms with E-state index in [1.165, 1.54) is 22.3 Å². The Balaban J connectivity index is 1.58. The van der Waals surface area contributed by atoms with Gasteiger partial charge in [-0.1, -0.05) is 13.3 Å². The lowest BCUT2D eigenvalue weighted by atomic mass is 10.2. The molecule has 0 atom stereocenters. The minimum atomic E-state index is -0.417. The van der Waals surface area contributed by atoms with Crippen LogP contribution in [-0.2, 0) is 6.42 Å². The van der Waals surface area contributed by atoms with E-state index in [2.05, 4.69) is 38.3 Å². The topological polar surface area (TPSA) is 115 Å². The van der Waals surface area contributed by atoms with Gasteiger partial charge in [-0.2, -0.15) is 0 Å². The van der Waals surface area contributed by atoms with Crippen LogP contribution in [0.1, 0.15) is 50.5 Å². The highest BCUT2D eigenvalue weighted by molar-refractivity contribution is 7.13. The molecule has 2 amide bonds. The van der Waals surface area contributed by atoms with E-state index in [0.29, 0.717) is 16.1 Å². The number of carbonyl (C=O) groups is 2. The SMILES string of the molecule is CCCCc1nc(C)c(C(=O)NNC(=O)c2ccc(-n3cnnn3)cc2)s1. The Morgan fingerprint density at radius 3 is 2.56 bits per heavy atom. The zero-order valence-electron chi connectivity index (χ0n) is 15.0. The number of hydrogen-bond donors (Lipinski definition) is 2. The maximum atomic E-state index is 12.3. The quantitative estimate of drug-likeness (QED) is 0.626. The molecule has 1 aromatic carbocycles. The molecule has 2 aromatic heterocycles. The van der Waals surface area contributed by atoms with Crippen LogP contribution in [0.4, 0.5) is 0 Å². The van der Waals surface area contributed by atoms with Crippen LogP contribution in [-0.4, -0.2) is 37.0 Å². The standard InChI is InChI=1S/C17H19N7O2S/c1-3-4-5-14-19-11(2)15(27-14)17(26)21-20-16(25)12-6-8-13(9-7-12)24-10-18-22-23-24/h6-10H,3-5H2,1-2H3,(H,20,25)(H,21,26). The molecular formula is C17H19N7O2S. The van der Waals surface area contributed by atoms with Crippen LogP contribution in [0, 0.1) is 6.92 Å². The molecular weight excluding hydrogens is 366 g/mol. The van der Waals surface area contributed by atoms with Crippen molar-refractivity contribution < 1.29 is 9.59 Å². The molecule has 140 valence electrons. The molecule has 0 fully saturated rings. The molecule has 27 heavy (non-hydrogen) atoms. The summed E-state index contributed by atoms with van der Waals surface area (Å²) in [6.07, 6.45) is 4.42. The van der Waals surface area contributed by atoms with Gasteiger partial charge in [0.15, 0.2) is 0 Å². The second-order valence-electron chi connectivity index (χ2n) is 5.84. The number of hydrazine groups is 1. The lowest BCUT2D eigenvalue weighted by Crippen LogP contribution is -2.41. The first-order valence-electron chi connectivity index (χ1n) is 8.49. The van der Waals surface area contributed by atoms with Crippen molar-refractivity contribution in [2.75, 3.05) is 0 Å². The van der Waals surface area contributed by atoms with Crippen LogP contribution in [0.5, 0.6) is 0 Å². The van der Waals surface area contributed by atoms with Gasteiger partial charge in [0.25, 0.3) is 11.8 Å². The van der Waals surface area contributed by atoms with Crippen molar-refractivity contribution in [3.05, 3.63) is 51.7 Å². The second-order valence-corrected chi connectivity index (χ2v) is 6.92. The predicted octanol–water partition coefficient (Wildman–Crippen LogP) is 1.84. The van der Waals surface area contributed by atoms with Crippen LogP contribution in [0.2, 0.25) is 0 Å². The fourth-order valence-electron chi connectivity index (χ4n) is 2.39. The first kappa shape index (κ1) is 18.6. The Morgan fingerprint density at radius 2 is 1.89 bits per heavy atom. The number of carbonyl (C=O) groups excluding carboxylic acids is 2. The molecule has 10 heteroatoms. The highest BCUT2D eigenvalue weighted by Gasteiger charge is 2.16. The first-order chi connectivity index (χ1) is 13.1. The van der Waals surface area contributed by atoms with E-state index in [4.69, 9.17) is 0 Å². The van der Waals surface area contributed by atoms with Crippen LogP contribution in [0.15, 0.2) is 30.6 Å². The van der Waals surface area contributed by atoms with E-state index in [0.717, 1.165) is 30.0 Å². The lowest BCUT2D eigenvalue weighted by molar-refractivity contribution is 0.0848. The van der Waals surface area contributed by atoms with Crippen LogP contribution >= 0.6 is 11.3 Å². The minimum Gasteiger partial charge on any atom is -0.267 e. The highest BCUT2D eigenvalue weighted by atomic mass is 32.1. The number of hydrogen-bond acceptors (Lipinski definition) is 7. The van der Waals surface area contributed by atoms with Crippen molar-refractivity contribution in [2.24, 2.45) is 0 Å². The molecule has 3 aromatic rings. The molecule has 0 aliphatic carbocycles. The van der Waals surface area contributed by atoms with Crippen LogP contribution in [0.3, 0.4) is 0 Å². The third-order valence-corrected chi connectivity index (χ3v) is 5.04. The van der Waals surface area contributed by atoms with Gasteiger partial charge in [-0.15, -0.1) is 16.4 Å². The van der Waals surface area contributed by atoms with Crippen LogP contribution in [0.25, 0.3) is 5.69 Å². The van der Waals surface area contributed by atoms with E-state index in [1.54, 1.807) is 31.2 Å². The van der Waals surface area contributed by atoms with Crippen molar-refractivity contribution >= 4 is 23.2 Å². The van der Waals surface area contributed by atoms with E-state index in [1.807, 2.05) is 0 Å². The van der Waals surface area contributed by atoms with E-state index < -0.39 is 5.91 Å². The molecule has 0 bridgehead atoms. The molecule has 0 aliphatic rings. The van der Waals surface area contributed by atoms with E-state index in [9.17, 15) is 9.59 Å². The molecule has 3 rings (SSSR count). The molecule has 0 saturated carbocycles. The summed E-state index contributed by atoms with van der Waals surface area (Å²) < 4.78 is 1.48. The molecule has 9 nitrogen and oxygen atoms in total. The summed E-state index contributed by atoms with van der Waals surface area (Å²) >= 11 is 1.36. The van der Waals surface area contributed by atoms with Gasteiger partial charge in [0.05, 0.1) is 16.4 Å². The summed E-state index contributed by atoms with van der Waals surface area (Å²) in [5, 5.41) is 11.8. The van der Waals surface area contributed by atoms with Crippen molar-refractivity contribution in [1.82, 2.24) is 36.0 Å². The maximum Gasteiger partial charge on any atom is 0.281 e. The monoisotopic (exact) mass is 385 g/mol. The van der Waals surface area contributed by atoms with Crippen molar-refractivity contribution in [3.63, 3.8) is 0 Å². The van der Waals surface area contributed by atoms with Crippen LogP contribution < -0.4 is 10.9 Å². The number of unbranched alkanes of at least 4 members (excludes halogenated alkanes) is 1.